The fourth-order valence-corrected chi connectivity index (χ4v) is 2.99. The molecule has 0 unspecified atom stereocenters. The third-order valence-electron chi connectivity index (χ3n) is 4.28. The van der Waals surface area contributed by atoms with Crippen molar-refractivity contribution >= 4 is 29.3 Å². The van der Waals surface area contributed by atoms with Gasteiger partial charge in [0.15, 0.2) is 0 Å². The number of fused-ring (bicyclic) bond motifs is 1. The zero-order valence-electron chi connectivity index (χ0n) is 13.7. The summed E-state index contributed by atoms with van der Waals surface area (Å²) in [4.78, 5) is 15.9. The van der Waals surface area contributed by atoms with E-state index in [4.69, 9.17) is 0 Å². The van der Waals surface area contributed by atoms with E-state index >= 15 is 0 Å². The topological polar surface area (TPSA) is 78.0 Å². The zero-order valence-corrected chi connectivity index (χ0v) is 13.7. The molecule has 2 aromatic rings. The second-order valence-electron chi connectivity index (χ2n) is 5.94. The van der Waals surface area contributed by atoms with Crippen molar-refractivity contribution in [3.8, 4) is 0 Å². The van der Waals surface area contributed by atoms with Crippen LogP contribution >= 0.6 is 0 Å². The molecule has 7 heteroatoms. The van der Waals surface area contributed by atoms with Gasteiger partial charge in [-0.1, -0.05) is 12.2 Å². The fourth-order valence-electron chi connectivity index (χ4n) is 2.99. The number of anilines is 4. The van der Waals surface area contributed by atoms with Gasteiger partial charge in [-0.25, -0.2) is 9.97 Å². The van der Waals surface area contributed by atoms with E-state index in [0.29, 0.717) is 5.95 Å². The average Bonchev–Trinajstić information content (AvgIpc) is 2.63. The molecule has 0 atom stereocenters. The summed E-state index contributed by atoms with van der Waals surface area (Å²) in [5.74, 6) is 2.18. The molecule has 0 aromatic carbocycles. The fraction of sp³-hybridized carbons (Fsp3) is 0.353. The lowest BCUT2D eigenvalue weighted by Crippen LogP contribution is -2.43. The summed E-state index contributed by atoms with van der Waals surface area (Å²) in [6.45, 7) is 6.85. The number of nitrogens with zero attached hydrogens (tertiary/aromatic N) is 4. The van der Waals surface area contributed by atoms with Gasteiger partial charge in [-0.15, -0.1) is 0 Å². The van der Waals surface area contributed by atoms with Crippen molar-refractivity contribution in [2.75, 3.05) is 48.3 Å². The maximum Gasteiger partial charge on any atom is 0.230 e. The molecule has 7 nitrogen and oxygen atoms in total. The molecule has 0 spiro atoms. The lowest BCUT2D eigenvalue weighted by atomic mass is 10.1. The highest BCUT2D eigenvalue weighted by Crippen LogP contribution is 2.24. The van der Waals surface area contributed by atoms with Crippen LogP contribution < -0.4 is 20.9 Å². The smallest absolute Gasteiger partial charge is 0.230 e. The highest BCUT2D eigenvalue weighted by molar-refractivity contribution is 5.70. The van der Waals surface area contributed by atoms with Crippen LogP contribution in [-0.2, 0) is 0 Å². The van der Waals surface area contributed by atoms with E-state index in [1.807, 2.05) is 19.2 Å². The predicted molar refractivity (Wildman–Crippen MR) is 96.9 cm³/mol. The van der Waals surface area contributed by atoms with Gasteiger partial charge in [0, 0.05) is 38.3 Å². The summed E-state index contributed by atoms with van der Waals surface area (Å²) in [5.41, 5.74) is 3.15. The molecule has 4 rings (SSSR count). The van der Waals surface area contributed by atoms with Crippen LogP contribution in [0.1, 0.15) is 11.3 Å². The molecule has 2 aromatic heterocycles. The van der Waals surface area contributed by atoms with Crippen LogP contribution in [-0.4, -0.2) is 47.7 Å². The first-order valence-corrected chi connectivity index (χ1v) is 8.27. The largest absolute Gasteiger partial charge is 0.368 e. The van der Waals surface area contributed by atoms with Gasteiger partial charge >= 0.3 is 0 Å². The Morgan fingerprint density at radius 1 is 1.17 bits per heavy atom. The molecule has 0 amide bonds. The standard InChI is InChI=1S/C17H21N7/c1-12-14-3-2-6-19-16(14)23-17(21-12)22-15-5-4-13(11-20-15)24-9-7-18-8-10-24/h2-5,11,18H,6-10H2,1H3,(H2,19,20,21,22,23). The van der Waals surface area contributed by atoms with Crippen molar-refractivity contribution in [2.24, 2.45) is 0 Å². The van der Waals surface area contributed by atoms with Crippen LogP contribution in [0.15, 0.2) is 24.4 Å². The number of hydrogen-bond donors (Lipinski definition) is 3. The van der Waals surface area contributed by atoms with E-state index in [9.17, 15) is 0 Å². The number of nitrogens with one attached hydrogen (secondary N) is 3. The minimum absolute atomic E-state index is 0.566. The molecule has 0 saturated carbocycles. The third-order valence-corrected chi connectivity index (χ3v) is 4.28. The van der Waals surface area contributed by atoms with Crippen LogP contribution in [0, 0.1) is 6.92 Å². The zero-order chi connectivity index (χ0) is 16.4. The second-order valence-corrected chi connectivity index (χ2v) is 5.94. The van der Waals surface area contributed by atoms with Gasteiger partial charge in [0.05, 0.1) is 17.6 Å². The van der Waals surface area contributed by atoms with E-state index in [1.54, 1.807) is 0 Å². The van der Waals surface area contributed by atoms with Gasteiger partial charge in [0.1, 0.15) is 11.6 Å². The van der Waals surface area contributed by atoms with Gasteiger partial charge in [-0.3, -0.25) is 0 Å². The molecule has 0 aliphatic carbocycles. The van der Waals surface area contributed by atoms with Crippen molar-refractivity contribution in [1.29, 1.82) is 0 Å². The third kappa shape index (κ3) is 3.03. The monoisotopic (exact) mass is 323 g/mol. The van der Waals surface area contributed by atoms with E-state index in [0.717, 1.165) is 61.3 Å². The van der Waals surface area contributed by atoms with Crippen LogP contribution in [0.5, 0.6) is 0 Å². The molecule has 0 bridgehead atoms. The van der Waals surface area contributed by atoms with Crippen LogP contribution in [0.25, 0.3) is 6.08 Å². The highest BCUT2D eigenvalue weighted by Gasteiger charge is 2.13. The quantitative estimate of drug-likeness (QED) is 0.794. The summed E-state index contributed by atoms with van der Waals surface area (Å²) in [6, 6.07) is 4.07. The van der Waals surface area contributed by atoms with Gasteiger partial charge in [-0.2, -0.15) is 4.98 Å². The highest BCUT2D eigenvalue weighted by atomic mass is 15.2. The van der Waals surface area contributed by atoms with Crippen molar-refractivity contribution < 1.29 is 0 Å². The number of rotatable bonds is 3. The summed E-state index contributed by atoms with van der Waals surface area (Å²) < 4.78 is 0. The number of aromatic nitrogens is 3. The first-order chi connectivity index (χ1) is 11.8. The van der Waals surface area contributed by atoms with E-state index in [-0.39, 0.29) is 0 Å². The molecule has 2 aliphatic rings. The first-order valence-electron chi connectivity index (χ1n) is 8.27. The van der Waals surface area contributed by atoms with Crippen molar-refractivity contribution in [2.45, 2.75) is 6.92 Å². The van der Waals surface area contributed by atoms with Crippen LogP contribution in [0.4, 0.5) is 23.3 Å². The molecule has 1 saturated heterocycles. The van der Waals surface area contributed by atoms with Crippen molar-refractivity contribution in [3.63, 3.8) is 0 Å². The Kier molecular flexibility index (Phi) is 4.00. The molecule has 0 radical (unpaired) electrons. The minimum Gasteiger partial charge on any atom is -0.368 e. The Balaban J connectivity index is 1.51. The molecule has 124 valence electrons. The number of aryl methyl sites for hydroxylation is 1. The normalized spacial score (nSPS) is 16.5. The predicted octanol–water partition coefficient (Wildman–Crippen LogP) is 1.77. The SMILES string of the molecule is Cc1nc(Nc2ccc(N3CCNCC3)cn2)nc2c1C=CCN2. The summed E-state index contributed by atoms with van der Waals surface area (Å²) >= 11 is 0. The number of pyridine rings is 1. The average molecular weight is 323 g/mol. The van der Waals surface area contributed by atoms with Crippen molar-refractivity contribution in [3.05, 3.63) is 35.7 Å². The number of piperazine rings is 1. The van der Waals surface area contributed by atoms with Crippen LogP contribution in [0.2, 0.25) is 0 Å². The maximum absolute atomic E-state index is 4.54. The van der Waals surface area contributed by atoms with Crippen LogP contribution in [0.3, 0.4) is 0 Å². The Morgan fingerprint density at radius 2 is 2.04 bits per heavy atom. The lowest BCUT2D eigenvalue weighted by molar-refractivity contribution is 0.589. The molecule has 2 aliphatic heterocycles. The summed E-state index contributed by atoms with van der Waals surface area (Å²) in [7, 11) is 0. The van der Waals surface area contributed by atoms with Crippen molar-refractivity contribution in [1.82, 2.24) is 20.3 Å². The Morgan fingerprint density at radius 3 is 2.83 bits per heavy atom. The van der Waals surface area contributed by atoms with Gasteiger partial charge in [-0.05, 0) is 19.1 Å². The maximum atomic E-state index is 4.54. The Hall–Kier alpha value is -2.67. The van der Waals surface area contributed by atoms with E-state index in [1.165, 1.54) is 0 Å². The van der Waals surface area contributed by atoms with E-state index < -0.39 is 0 Å². The molecule has 3 N–H and O–H groups in total. The molecule has 4 heterocycles. The molecular formula is C17H21N7. The Labute approximate surface area is 141 Å². The molecule has 1 fully saturated rings. The summed E-state index contributed by atoms with van der Waals surface area (Å²) in [5, 5.41) is 9.82. The lowest BCUT2D eigenvalue weighted by Gasteiger charge is -2.29. The summed E-state index contributed by atoms with van der Waals surface area (Å²) in [6.07, 6.45) is 6.04. The molecule has 24 heavy (non-hydrogen) atoms. The first kappa shape index (κ1) is 14.9. The minimum atomic E-state index is 0.566. The molecular weight excluding hydrogens is 302 g/mol. The van der Waals surface area contributed by atoms with E-state index in [2.05, 4.69) is 54.0 Å². The van der Waals surface area contributed by atoms with Gasteiger partial charge in [0.2, 0.25) is 5.95 Å². The number of hydrogen-bond acceptors (Lipinski definition) is 7. The van der Waals surface area contributed by atoms with Gasteiger partial charge in [0.25, 0.3) is 0 Å². The Bertz CT molecular complexity index is 748. The van der Waals surface area contributed by atoms with Gasteiger partial charge < -0.3 is 20.9 Å². The second kappa shape index (κ2) is 6.45.